The van der Waals surface area contributed by atoms with Crippen LogP contribution < -0.4 is 0 Å². The van der Waals surface area contributed by atoms with Gasteiger partial charge in [-0.2, -0.15) is 12.1 Å². The first-order valence-corrected chi connectivity index (χ1v) is 18.9. The SMILES string of the molecule is CCc1cc2c(-c3ccccc3)cccc2[cH-]1.CCc1cc2c(-c3ccccc3)cccc2[cH-]1.[Al].[CH3-].[Cl][Zr][Cl]. The Labute approximate surface area is 263 Å². The molecule has 39 heavy (non-hydrogen) atoms. The summed E-state index contributed by atoms with van der Waals surface area (Å²) in [6, 6.07) is 43.5. The molecule has 0 heterocycles. The van der Waals surface area contributed by atoms with Crippen molar-refractivity contribution >= 4 is 55.9 Å². The summed E-state index contributed by atoms with van der Waals surface area (Å²) in [6.45, 7) is 4.41. The molecule has 0 amide bonds. The predicted molar refractivity (Wildman–Crippen MR) is 173 cm³/mol. The number of hydrogen-bond acceptors (Lipinski definition) is 0. The van der Waals surface area contributed by atoms with E-state index in [0.717, 1.165) is 12.8 Å². The molecule has 0 spiro atoms. The quantitative estimate of drug-likeness (QED) is 0.133. The summed E-state index contributed by atoms with van der Waals surface area (Å²) in [4.78, 5) is 0. The van der Waals surface area contributed by atoms with Crippen molar-refractivity contribution in [2.75, 3.05) is 0 Å². The fourth-order valence-electron chi connectivity index (χ4n) is 4.74. The topological polar surface area (TPSA) is 0 Å². The minimum atomic E-state index is -0.826. The number of hydrogen-bond donors (Lipinski definition) is 0. The molecular weight excluding hydrogens is 609 g/mol. The maximum absolute atomic E-state index is 4.93. The minimum absolute atomic E-state index is 0. The van der Waals surface area contributed by atoms with Crippen LogP contribution in [0.2, 0.25) is 0 Å². The van der Waals surface area contributed by atoms with Crippen LogP contribution in [0, 0.1) is 7.43 Å². The first-order valence-electron chi connectivity index (χ1n) is 12.6. The molecule has 0 aliphatic carbocycles. The molecule has 0 saturated heterocycles. The van der Waals surface area contributed by atoms with Crippen LogP contribution in [0.4, 0.5) is 0 Å². The third kappa shape index (κ3) is 8.54. The third-order valence-corrected chi connectivity index (χ3v) is 6.61. The van der Waals surface area contributed by atoms with Gasteiger partial charge in [0.05, 0.1) is 0 Å². The summed E-state index contributed by atoms with van der Waals surface area (Å²) in [5.41, 5.74) is 8.11. The van der Waals surface area contributed by atoms with E-state index in [9.17, 15) is 0 Å². The Kier molecular flexibility index (Phi) is 14.5. The van der Waals surface area contributed by atoms with Crippen LogP contribution in [0.1, 0.15) is 25.0 Å². The van der Waals surface area contributed by atoms with Crippen LogP contribution in [0.25, 0.3) is 43.8 Å². The molecule has 197 valence electrons. The Bertz CT molecular complexity index is 1420. The van der Waals surface area contributed by atoms with Crippen molar-refractivity contribution in [1.82, 2.24) is 0 Å². The van der Waals surface area contributed by atoms with Crippen LogP contribution >= 0.6 is 17.0 Å². The molecule has 0 aliphatic heterocycles. The monoisotopic (exact) mass is 640 g/mol. The molecule has 4 heteroatoms. The number of benzene rings is 4. The molecule has 0 atom stereocenters. The average molecular weight is 643 g/mol. The van der Waals surface area contributed by atoms with Crippen molar-refractivity contribution in [3.05, 3.63) is 140 Å². The van der Waals surface area contributed by atoms with Gasteiger partial charge in [-0.15, -0.1) is 69.1 Å². The Balaban J connectivity index is 0.000000238. The van der Waals surface area contributed by atoms with Gasteiger partial charge in [0, 0.05) is 17.4 Å². The molecule has 0 N–H and O–H groups in total. The van der Waals surface area contributed by atoms with E-state index in [1.807, 2.05) is 0 Å². The fraction of sp³-hybridized carbons (Fsp3) is 0.114. The number of aryl methyl sites for hydroxylation is 2. The van der Waals surface area contributed by atoms with Gasteiger partial charge in [-0.1, -0.05) is 97.8 Å². The Morgan fingerprint density at radius 1 is 0.564 bits per heavy atom. The van der Waals surface area contributed by atoms with Crippen LogP contribution in [-0.2, 0) is 33.7 Å². The van der Waals surface area contributed by atoms with Crippen molar-refractivity contribution in [2.45, 2.75) is 26.7 Å². The van der Waals surface area contributed by atoms with Crippen molar-refractivity contribution in [3.8, 4) is 22.3 Å². The first-order chi connectivity index (χ1) is 18.2. The van der Waals surface area contributed by atoms with Gasteiger partial charge in [0.25, 0.3) is 0 Å². The van der Waals surface area contributed by atoms with E-state index in [-0.39, 0.29) is 24.8 Å². The van der Waals surface area contributed by atoms with Gasteiger partial charge in [0.15, 0.2) is 0 Å². The summed E-state index contributed by atoms with van der Waals surface area (Å²) >= 11 is -0.826. The van der Waals surface area contributed by atoms with Crippen LogP contribution in [0.15, 0.2) is 121 Å². The molecule has 0 aromatic heterocycles. The van der Waals surface area contributed by atoms with Crippen molar-refractivity contribution in [1.29, 1.82) is 0 Å². The van der Waals surface area contributed by atoms with Crippen molar-refractivity contribution in [2.24, 2.45) is 0 Å². The van der Waals surface area contributed by atoms with Crippen LogP contribution in [-0.4, -0.2) is 17.4 Å². The van der Waals surface area contributed by atoms with Crippen LogP contribution in [0.5, 0.6) is 0 Å². The molecular formula is C35H33AlCl2Zr-3. The zero-order valence-corrected chi connectivity index (χ0v) is 27.9. The summed E-state index contributed by atoms with van der Waals surface area (Å²) in [5, 5.41) is 5.44. The maximum atomic E-state index is 4.93. The molecule has 0 unspecified atom stereocenters. The second-order valence-electron chi connectivity index (χ2n) is 8.85. The molecule has 6 aromatic carbocycles. The van der Waals surface area contributed by atoms with Crippen LogP contribution in [0.3, 0.4) is 0 Å². The van der Waals surface area contributed by atoms with Gasteiger partial charge in [-0.05, 0) is 24.0 Å². The molecule has 0 saturated carbocycles. The van der Waals surface area contributed by atoms with E-state index < -0.39 is 20.8 Å². The van der Waals surface area contributed by atoms with Gasteiger partial charge < -0.3 is 7.43 Å². The summed E-state index contributed by atoms with van der Waals surface area (Å²) in [7, 11) is 9.87. The van der Waals surface area contributed by atoms with Crippen molar-refractivity contribution in [3.63, 3.8) is 0 Å². The van der Waals surface area contributed by atoms with Crippen molar-refractivity contribution < 1.29 is 20.8 Å². The number of rotatable bonds is 4. The molecule has 0 fully saturated rings. The molecule has 3 radical (unpaired) electrons. The van der Waals surface area contributed by atoms with Gasteiger partial charge >= 0.3 is 37.9 Å². The van der Waals surface area contributed by atoms with Gasteiger partial charge in [-0.25, -0.2) is 0 Å². The van der Waals surface area contributed by atoms with E-state index in [2.05, 4.69) is 135 Å². The normalized spacial score (nSPS) is 9.85. The Morgan fingerprint density at radius 3 is 1.26 bits per heavy atom. The van der Waals surface area contributed by atoms with Gasteiger partial charge in [0.2, 0.25) is 0 Å². The third-order valence-electron chi connectivity index (χ3n) is 6.61. The summed E-state index contributed by atoms with van der Waals surface area (Å²) in [5.74, 6) is 0. The predicted octanol–water partition coefficient (Wildman–Crippen LogP) is 11.0. The zero-order chi connectivity index (χ0) is 26.0. The van der Waals surface area contributed by atoms with E-state index in [0.29, 0.717) is 0 Å². The Hall–Kier alpha value is -1.90. The zero-order valence-electron chi connectivity index (χ0n) is 22.8. The number of fused-ring (bicyclic) bond motifs is 2. The van der Waals surface area contributed by atoms with Gasteiger partial charge in [-0.3, -0.25) is 0 Å². The standard InChI is InChI=1S/2C17H15.CH3.Al.2ClH.Zr/c2*1-2-13-11-15-9-6-10-16(17(15)12-13)14-7-4-3-5-8-14;;;;;/h2*3-12H,2H2,1H3;1H3;;2*1H;/q3*-1;;;;+2/p-2. The van der Waals surface area contributed by atoms with Gasteiger partial charge in [0.1, 0.15) is 0 Å². The average Bonchev–Trinajstić information content (AvgIpc) is 3.58. The molecule has 0 bridgehead atoms. The summed E-state index contributed by atoms with van der Waals surface area (Å²) in [6.07, 6.45) is 2.20. The van der Waals surface area contributed by atoms with E-state index in [1.165, 1.54) is 54.9 Å². The van der Waals surface area contributed by atoms with E-state index in [1.54, 1.807) is 0 Å². The summed E-state index contributed by atoms with van der Waals surface area (Å²) < 4.78 is 0. The molecule has 6 aromatic rings. The first kappa shape index (κ1) is 33.3. The number of halogens is 2. The molecule has 0 nitrogen and oxygen atoms in total. The Morgan fingerprint density at radius 2 is 0.923 bits per heavy atom. The van der Waals surface area contributed by atoms with E-state index in [4.69, 9.17) is 17.0 Å². The fourth-order valence-corrected chi connectivity index (χ4v) is 4.74. The van der Waals surface area contributed by atoms with E-state index >= 15 is 0 Å². The molecule has 0 aliphatic rings. The second kappa shape index (κ2) is 17.0. The molecule has 6 rings (SSSR count). The second-order valence-corrected chi connectivity index (χ2v) is 12.6.